The quantitative estimate of drug-likeness (QED) is 0.359. The third-order valence-corrected chi connectivity index (χ3v) is 0. The van der Waals surface area contributed by atoms with Crippen LogP contribution in [0.15, 0.2) is 0 Å². The maximum absolute atomic E-state index is 3.71. The van der Waals surface area contributed by atoms with Crippen LogP contribution in [0.1, 0.15) is 0 Å². The third-order valence-electron chi connectivity index (χ3n) is 0. The van der Waals surface area contributed by atoms with Crippen molar-refractivity contribution >= 4 is 0 Å². The van der Waals surface area contributed by atoms with Gasteiger partial charge in [0, 0.05) is 53.9 Å². The molecule has 0 bridgehead atoms. The molecule has 0 aromatic heterocycles. The molecule has 0 amide bonds. The fraction of sp³-hybridized carbons (Fsp3) is 0.750. The third kappa shape index (κ3) is 73.9. The Labute approximate surface area is 65.2 Å². The predicted molar refractivity (Wildman–Crippen MR) is 23.4 cm³/mol. The second-order valence-corrected chi connectivity index (χ2v) is 2.29. The van der Waals surface area contributed by atoms with Crippen molar-refractivity contribution < 1.29 is 37.2 Å². The van der Waals surface area contributed by atoms with Crippen molar-refractivity contribution in [1.29, 1.82) is 0 Å². The van der Waals surface area contributed by atoms with Crippen LogP contribution < -0.4 is 0 Å². The van der Waals surface area contributed by atoms with Gasteiger partial charge in [-0.05, 0) is 0 Å². The average Bonchev–Trinajstić information content (AvgIpc) is 0.722. The molecule has 0 aliphatic rings. The van der Waals surface area contributed by atoms with E-state index in [1.807, 2.05) is 21.1 Å². The van der Waals surface area contributed by atoms with Gasteiger partial charge >= 0.3 is 0 Å². The van der Waals surface area contributed by atoms with Gasteiger partial charge in [0.05, 0.1) is 0 Å². The van der Waals surface area contributed by atoms with E-state index in [4.69, 9.17) is 0 Å². The standard InChI is InChI=1S/C4H11N.Y/c1-5(2,3)4;/h1H2,2-4H3;. The van der Waals surface area contributed by atoms with Crippen LogP contribution >= 0.6 is 0 Å². The zero-order valence-electron chi connectivity index (χ0n) is 4.73. The van der Waals surface area contributed by atoms with Crippen LogP contribution in [-0.2, 0) is 32.7 Å². The molecule has 35 valence electrons. The molecular weight excluding hydrogens is 151 g/mol. The van der Waals surface area contributed by atoms with E-state index in [2.05, 4.69) is 7.05 Å². The normalized spacial score (nSPS) is 10.0. The van der Waals surface area contributed by atoms with Gasteiger partial charge in [0.25, 0.3) is 0 Å². The molecule has 0 atom stereocenters. The van der Waals surface area contributed by atoms with Gasteiger partial charge in [-0.25, -0.2) is 0 Å². The summed E-state index contributed by atoms with van der Waals surface area (Å²) in [7, 11) is 9.75. The Morgan fingerprint density at radius 1 is 1.17 bits per heavy atom. The van der Waals surface area contributed by atoms with Crippen molar-refractivity contribution in [3.05, 3.63) is 7.05 Å². The Hall–Kier alpha value is 1.06. The van der Waals surface area contributed by atoms with Gasteiger partial charge in [0.2, 0.25) is 0 Å². The molecule has 1 radical (unpaired) electrons. The van der Waals surface area contributed by atoms with Gasteiger partial charge < -0.3 is 4.48 Å². The molecule has 0 saturated carbocycles. The summed E-state index contributed by atoms with van der Waals surface area (Å²) < 4.78 is 0.750. The van der Waals surface area contributed by atoms with Crippen molar-refractivity contribution in [3.8, 4) is 0 Å². The van der Waals surface area contributed by atoms with E-state index in [0.717, 1.165) is 4.48 Å². The first kappa shape index (κ1) is 10.1. The SMILES string of the molecule is [CH2-][N+](C)(C)C.[Y]. The minimum atomic E-state index is 0. The van der Waals surface area contributed by atoms with Crippen LogP contribution in [0.5, 0.6) is 0 Å². The van der Waals surface area contributed by atoms with Crippen LogP contribution in [0.4, 0.5) is 0 Å². The molecule has 0 saturated heterocycles. The molecule has 0 aliphatic heterocycles. The van der Waals surface area contributed by atoms with Crippen molar-refractivity contribution in [2.24, 2.45) is 0 Å². The summed E-state index contributed by atoms with van der Waals surface area (Å²) in [6, 6.07) is 0. The first-order valence-corrected chi connectivity index (χ1v) is 1.66. The van der Waals surface area contributed by atoms with Gasteiger partial charge in [0.15, 0.2) is 0 Å². The van der Waals surface area contributed by atoms with Gasteiger partial charge in [-0.2, -0.15) is 0 Å². The first-order valence-electron chi connectivity index (χ1n) is 1.66. The van der Waals surface area contributed by atoms with Crippen molar-refractivity contribution in [2.45, 2.75) is 0 Å². The number of hydrogen-bond acceptors (Lipinski definition) is 0. The molecule has 2 heteroatoms. The Balaban J connectivity index is 0. The van der Waals surface area contributed by atoms with Crippen molar-refractivity contribution in [1.82, 2.24) is 0 Å². The van der Waals surface area contributed by atoms with E-state index in [9.17, 15) is 0 Å². The van der Waals surface area contributed by atoms with Crippen LogP contribution in [0.25, 0.3) is 0 Å². The van der Waals surface area contributed by atoms with Gasteiger partial charge in [-0.15, -0.1) is 7.05 Å². The second-order valence-electron chi connectivity index (χ2n) is 2.29. The van der Waals surface area contributed by atoms with E-state index in [0.29, 0.717) is 0 Å². The monoisotopic (exact) mass is 162 g/mol. The Bertz CT molecular complexity index is 23.0. The van der Waals surface area contributed by atoms with E-state index >= 15 is 0 Å². The van der Waals surface area contributed by atoms with E-state index in [-0.39, 0.29) is 32.7 Å². The van der Waals surface area contributed by atoms with Crippen molar-refractivity contribution in [2.75, 3.05) is 21.1 Å². The molecule has 6 heavy (non-hydrogen) atoms. The molecule has 0 fully saturated rings. The summed E-state index contributed by atoms with van der Waals surface area (Å²) in [5.74, 6) is 0. The summed E-state index contributed by atoms with van der Waals surface area (Å²) in [4.78, 5) is 0. The Kier molecular flexibility index (Phi) is 5.26. The number of hydrogen-bond donors (Lipinski definition) is 0. The molecule has 0 unspecified atom stereocenters. The number of quaternary nitrogens is 1. The van der Waals surface area contributed by atoms with E-state index in [1.165, 1.54) is 0 Å². The predicted octanol–water partition coefficient (Wildman–Crippen LogP) is 0.482. The fourth-order valence-corrected chi connectivity index (χ4v) is 0. The van der Waals surface area contributed by atoms with E-state index in [1.54, 1.807) is 0 Å². The van der Waals surface area contributed by atoms with Crippen LogP contribution in [-0.4, -0.2) is 25.6 Å². The largest absolute Gasteiger partial charge is 0.464 e. The molecule has 0 heterocycles. The van der Waals surface area contributed by atoms with Crippen LogP contribution in [0, 0.1) is 7.05 Å². The topological polar surface area (TPSA) is 0 Å². The zero-order chi connectivity index (χ0) is 4.50. The Morgan fingerprint density at radius 3 is 1.17 bits per heavy atom. The van der Waals surface area contributed by atoms with Crippen LogP contribution in [0.2, 0.25) is 0 Å². The van der Waals surface area contributed by atoms with Crippen molar-refractivity contribution in [3.63, 3.8) is 0 Å². The maximum Gasteiger partial charge on any atom is 0.0434 e. The molecule has 0 N–H and O–H groups in total. The molecule has 1 nitrogen and oxygen atoms in total. The maximum atomic E-state index is 3.71. The van der Waals surface area contributed by atoms with Crippen LogP contribution in [0.3, 0.4) is 0 Å². The molecular formula is C4H11NY. The minimum Gasteiger partial charge on any atom is -0.464 e. The molecule has 0 rings (SSSR count). The van der Waals surface area contributed by atoms with Gasteiger partial charge in [-0.1, -0.05) is 0 Å². The number of nitrogens with zero attached hydrogens (tertiary/aromatic N) is 1. The van der Waals surface area contributed by atoms with Gasteiger partial charge in [0.1, 0.15) is 0 Å². The summed E-state index contributed by atoms with van der Waals surface area (Å²) in [5, 5.41) is 0. The second kappa shape index (κ2) is 3.12. The summed E-state index contributed by atoms with van der Waals surface area (Å²) in [6.07, 6.45) is 0. The molecule has 0 spiro atoms. The van der Waals surface area contributed by atoms with E-state index < -0.39 is 0 Å². The van der Waals surface area contributed by atoms with Gasteiger partial charge in [-0.3, -0.25) is 0 Å². The number of rotatable bonds is 0. The fourth-order valence-electron chi connectivity index (χ4n) is 0. The molecule has 0 aromatic carbocycles. The summed E-state index contributed by atoms with van der Waals surface area (Å²) in [5.41, 5.74) is 0. The summed E-state index contributed by atoms with van der Waals surface area (Å²) in [6.45, 7) is 0. The average molecular weight is 162 g/mol. The Morgan fingerprint density at radius 2 is 1.17 bits per heavy atom. The smallest absolute Gasteiger partial charge is 0.0434 e. The zero-order valence-corrected chi connectivity index (χ0v) is 7.57. The first-order chi connectivity index (χ1) is 2.00. The minimum absolute atomic E-state index is 0. The molecule has 0 aromatic rings. The summed E-state index contributed by atoms with van der Waals surface area (Å²) >= 11 is 0. The molecule has 0 aliphatic carbocycles.